The lowest BCUT2D eigenvalue weighted by Gasteiger charge is -2.05. The van der Waals surface area contributed by atoms with E-state index in [0.717, 1.165) is 33.6 Å². The molecule has 3 N–H and O–H groups in total. The van der Waals surface area contributed by atoms with Crippen LogP contribution in [0.2, 0.25) is 0 Å². The SMILES string of the molecule is Cc1cc(CCC(=O)O)c(C=C2C(=O)Nc3cc(-c4ccc(F)cc4)ccc32)[nH]1. The zero-order valence-electron chi connectivity index (χ0n) is 15.8. The average Bonchev–Trinajstić information content (AvgIpc) is 3.19. The van der Waals surface area contributed by atoms with Crippen LogP contribution < -0.4 is 5.32 Å². The number of carboxylic acids is 1. The van der Waals surface area contributed by atoms with Crippen LogP contribution in [0.5, 0.6) is 0 Å². The monoisotopic (exact) mass is 390 g/mol. The molecule has 0 bridgehead atoms. The molecule has 5 nitrogen and oxygen atoms in total. The van der Waals surface area contributed by atoms with Crippen LogP contribution in [0, 0.1) is 12.7 Å². The Hall–Kier alpha value is -3.67. The van der Waals surface area contributed by atoms with Crippen molar-refractivity contribution in [3.63, 3.8) is 0 Å². The molecule has 29 heavy (non-hydrogen) atoms. The van der Waals surface area contributed by atoms with Crippen molar-refractivity contribution >= 4 is 29.2 Å². The van der Waals surface area contributed by atoms with Crippen LogP contribution in [-0.2, 0) is 16.0 Å². The van der Waals surface area contributed by atoms with Gasteiger partial charge in [-0.1, -0.05) is 24.3 Å². The Morgan fingerprint density at radius 3 is 2.55 bits per heavy atom. The number of rotatable bonds is 5. The molecule has 0 fully saturated rings. The first-order valence-electron chi connectivity index (χ1n) is 9.24. The van der Waals surface area contributed by atoms with Crippen LogP contribution in [0.4, 0.5) is 10.1 Å². The van der Waals surface area contributed by atoms with Gasteiger partial charge in [0.15, 0.2) is 0 Å². The lowest BCUT2D eigenvalue weighted by molar-refractivity contribution is -0.137. The third kappa shape index (κ3) is 3.82. The third-order valence-electron chi connectivity index (χ3n) is 4.95. The third-order valence-corrected chi connectivity index (χ3v) is 4.95. The van der Waals surface area contributed by atoms with Gasteiger partial charge in [0.1, 0.15) is 5.82 Å². The van der Waals surface area contributed by atoms with E-state index in [0.29, 0.717) is 17.7 Å². The molecule has 0 saturated heterocycles. The van der Waals surface area contributed by atoms with Gasteiger partial charge in [-0.25, -0.2) is 4.39 Å². The predicted octanol–water partition coefficient (Wildman–Crippen LogP) is 4.64. The van der Waals surface area contributed by atoms with Crippen molar-refractivity contribution in [1.82, 2.24) is 4.98 Å². The fourth-order valence-electron chi connectivity index (χ4n) is 3.55. The lowest BCUT2D eigenvalue weighted by Crippen LogP contribution is -2.04. The molecule has 0 unspecified atom stereocenters. The number of hydrogen-bond acceptors (Lipinski definition) is 2. The van der Waals surface area contributed by atoms with Crippen LogP contribution in [-0.4, -0.2) is 22.0 Å². The van der Waals surface area contributed by atoms with Crippen molar-refractivity contribution in [2.45, 2.75) is 19.8 Å². The summed E-state index contributed by atoms with van der Waals surface area (Å²) in [7, 11) is 0. The molecule has 1 amide bonds. The lowest BCUT2D eigenvalue weighted by atomic mass is 9.99. The van der Waals surface area contributed by atoms with Gasteiger partial charge in [0.05, 0.1) is 5.57 Å². The van der Waals surface area contributed by atoms with Crippen LogP contribution in [0.1, 0.15) is 28.9 Å². The maximum atomic E-state index is 13.2. The number of nitrogens with one attached hydrogen (secondary N) is 2. The zero-order valence-corrected chi connectivity index (χ0v) is 15.8. The molecule has 4 rings (SSSR count). The number of amides is 1. The average molecular weight is 390 g/mol. The minimum Gasteiger partial charge on any atom is -0.481 e. The second kappa shape index (κ2) is 7.39. The molecule has 0 radical (unpaired) electrons. The van der Waals surface area contributed by atoms with E-state index < -0.39 is 5.97 Å². The van der Waals surface area contributed by atoms with Gasteiger partial charge in [0, 0.05) is 29.1 Å². The first-order valence-corrected chi connectivity index (χ1v) is 9.24. The Morgan fingerprint density at radius 1 is 1.10 bits per heavy atom. The molecule has 1 aliphatic heterocycles. The Morgan fingerprint density at radius 2 is 1.83 bits per heavy atom. The van der Waals surface area contributed by atoms with E-state index in [1.807, 2.05) is 31.2 Å². The van der Waals surface area contributed by atoms with Gasteiger partial charge in [-0.2, -0.15) is 0 Å². The largest absolute Gasteiger partial charge is 0.481 e. The number of carbonyl (C=O) groups excluding carboxylic acids is 1. The van der Waals surface area contributed by atoms with Crippen molar-refractivity contribution in [1.29, 1.82) is 0 Å². The molecule has 0 aliphatic carbocycles. The number of aromatic amines is 1. The number of fused-ring (bicyclic) bond motifs is 1. The van der Waals surface area contributed by atoms with E-state index in [9.17, 15) is 14.0 Å². The highest BCUT2D eigenvalue weighted by molar-refractivity contribution is 6.35. The maximum Gasteiger partial charge on any atom is 0.303 e. The molecule has 3 aromatic rings. The van der Waals surface area contributed by atoms with Gasteiger partial charge in [0.2, 0.25) is 0 Å². The van der Waals surface area contributed by atoms with Gasteiger partial charge in [-0.05, 0) is 60.4 Å². The highest BCUT2D eigenvalue weighted by Gasteiger charge is 2.25. The van der Waals surface area contributed by atoms with E-state index in [1.165, 1.54) is 12.1 Å². The van der Waals surface area contributed by atoms with E-state index >= 15 is 0 Å². The Kier molecular flexibility index (Phi) is 4.76. The fraction of sp³-hybridized carbons (Fsp3) is 0.130. The van der Waals surface area contributed by atoms with Crippen LogP contribution >= 0.6 is 0 Å². The minimum atomic E-state index is -0.861. The summed E-state index contributed by atoms with van der Waals surface area (Å²) in [5.74, 6) is -1.37. The van der Waals surface area contributed by atoms with Crippen LogP contribution in [0.25, 0.3) is 22.8 Å². The summed E-state index contributed by atoms with van der Waals surface area (Å²) in [6, 6.07) is 13.7. The summed E-state index contributed by atoms with van der Waals surface area (Å²) in [5, 5.41) is 11.8. The van der Waals surface area contributed by atoms with Gasteiger partial charge < -0.3 is 15.4 Å². The Balaban J connectivity index is 1.69. The quantitative estimate of drug-likeness (QED) is 0.555. The molecule has 146 valence electrons. The zero-order chi connectivity index (χ0) is 20.5. The number of anilines is 1. The number of aromatic nitrogens is 1. The number of hydrogen-bond donors (Lipinski definition) is 3. The summed E-state index contributed by atoms with van der Waals surface area (Å²) in [5.41, 5.74) is 6.23. The molecule has 1 aliphatic rings. The van der Waals surface area contributed by atoms with E-state index in [2.05, 4.69) is 10.3 Å². The van der Waals surface area contributed by atoms with Gasteiger partial charge >= 0.3 is 5.97 Å². The summed E-state index contributed by atoms with van der Waals surface area (Å²) in [6.07, 6.45) is 2.18. The number of halogens is 1. The van der Waals surface area contributed by atoms with E-state index in [4.69, 9.17) is 5.11 Å². The Labute approximate surface area is 166 Å². The molecule has 0 saturated carbocycles. The molecular weight excluding hydrogens is 371 g/mol. The van der Waals surface area contributed by atoms with Gasteiger partial charge in [-0.15, -0.1) is 0 Å². The summed E-state index contributed by atoms with van der Waals surface area (Å²) in [6.45, 7) is 1.89. The van der Waals surface area contributed by atoms with E-state index in [-0.39, 0.29) is 18.1 Å². The highest BCUT2D eigenvalue weighted by Crippen LogP contribution is 2.36. The first-order chi connectivity index (χ1) is 13.9. The van der Waals surface area contributed by atoms with Crippen molar-refractivity contribution in [2.24, 2.45) is 0 Å². The molecule has 0 spiro atoms. The number of aryl methyl sites for hydroxylation is 2. The first kappa shape index (κ1) is 18.7. The van der Waals surface area contributed by atoms with Gasteiger partial charge in [-0.3, -0.25) is 9.59 Å². The molecule has 2 aromatic carbocycles. The fourth-order valence-corrected chi connectivity index (χ4v) is 3.55. The molecular formula is C23H19FN2O3. The molecule has 0 atom stereocenters. The maximum absolute atomic E-state index is 13.2. The van der Waals surface area contributed by atoms with Crippen molar-refractivity contribution in [3.8, 4) is 11.1 Å². The van der Waals surface area contributed by atoms with Gasteiger partial charge in [0.25, 0.3) is 5.91 Å². The molecule has 1 aromatic heterocycles. The molecule has 2 heterocycles. The Bertz CT molecular complexity index is 1140. The van der Waals surface area contributed by atoms with Crippen LogP contribution in [0.15, 0.2) is 48.5 Å². The number of H-pyrrole nitrogens is 1. The second-order valence-corrected chi connectivity index (χ2v) is 7.06. The number of carbonyl (C=O) groups is 2. The summed E-state index contributed by atoms with van der Waals surface area (Å²) < 4.78 is 13.2. The standard InChI is InChI=1S/C23H19FN2O3/c1-13-10-16(5-9-22(27)28)20(25-13)12-19-18-8-4-15(11-21(18)26-23(19)29)14-2-6-17(24)7-3-14/h2-4,6-8,10-12,25H,5,9H2,1H3,(H,26,29)(H,27,28). The van der Waals surface area contributed by atoms with Crippen LogP contribution in [0.3, 0.4) is 0 Å². The normalized spacial score (nSPS) is 14.1. The predicted molar refractivity (Wildman–Crippen MR) is 110 cm³/mol. The summed E-state index contributed by atoms with van der Waals surface area (Å²) >= 11 is 0. The topological polar surface area (TPSA) is 82.2 Å². The number of carboxylic acid groups (broad SMARTS) is 1. The van der Waals surface area contributed by atoms with Crippen molar-refractivity contribution in [3.05, 3.63) is 76.9 Å². The van der Waals surface area contributed by atoms with Crippen molar-refractivity contribution < 1.29 is 19.1 Å². The van der Waals surface area contributed by atoms with E-state index in [1.54, 1.807) is 18.2 Å². The summed E-state index contributed by atoms with van der Waals surface area (Å²) in [4.78, 5) is 26.7. The number of benzene rings is 2. The second-order valence-electron chi connectivity index (χ2n) is 7.06. The highest BCUT2D eigenvalue weighted by atomic mass is 19.1. The smallest absolute Gasteiger partial charge is 0.303 e. The minimum absolute atomic E-state index is 0.0251. The number of aliphatic carboxylic acids is 1. The van der Waals surface area contributed by atoms with Crippen molar-refractivity contribution in [2.75, 3.05) is 5.32 Å². The molecule has 6 heteroatoms.